The molecule has 0 aliphatic carbocycles. The molecule has 0 spiro atoms. The van der Waals surface area contributed by atoms with Crippen molar-refractivity contribution >= 4 is 29.1 Å². The molecule has 136 valence electrons. The van der Waals surface area contributed by atoms with Crippen LogP contribution in [0.25, 0.3) is 0 Å². The first-order valence-electron chi connectivity index (χ1n) is 8.16. The lowest BCUT2D eigenvalue weighted by molar-refractivity contribution is -0.131. The summed E-state index contributed by atoms with van der Waals surface area (Å²) in [5, 5.41) is 3.45. The Labute approximate surface area is 156 Å². The Morgan fingerprint density at radius 1 is 1.19 bits per heavy atom. The number of halogens is 1. The van der Waals surface area contributed by atoms with Crippen molar-refractivity contribution in [2.45, 2.75) is 18.9 Å². The largest absolute Gasteiger partial charge is 0.495 e. The minimum absolute atomic E-state index is 0.0306. The van der Waals surface area contributed by atoms with E-state index in [2.05, 4.69) is 5.32 Å². The number of methoxy groups -OCH3 is 1. The Kier molecular flexibility index (Phi) is 5.32. The topological polar surface area (TPSA) is 67.9 Å². The molecule has 1 saturated heterocycles. The van der Waals surface area contributed by atoms with E-state index in [0.29, 0.717) is 40.8 Å². The van der Waals surface area contributed by atoms with Gasteiger partial charge in [0.1, 0.15) is 23.3 Å². The van der Waals surface area contributed by atoms with Crippen LogP contribution in [0.3, 0.4) is 0 Å². The number of rotatable bonds is 5. The normalized spacial score (nSPS) is 16.5. The number of likely N-dealkylation sites (N-methyl/N-ethyl adjacent to an activating group) is 1. The minimum atomic E-state index is -0.479. The molecule has 2 aromatic carbocycles. The molecule has 1 heterocycles. The van der Waals surface area contributed by atoms with E-state index in [-0.39, 0.29) is 11.8 Å². The van der Waals surface area contributed by atoms with Crippen LogP contribution < -0.4 is 14.8 Å². The number of amides is 2. The Hall–Kier alpha value is -2.73. The van der Waals surface area contributed by atoms with Gasteiger partial charge in [0.2, 0.25) is 11.8 Å². The molecule has 0 radical (unpaired) electrons. The highest BCUT2D eigenvalue weighted by Crippen LogP contribution is 2.32. The maximum atomic E-state index is 12.5. The van der Waals surface area contributed by atoms with Crippen molar-refractivity contribution in [2.75, 3.05) is 19.5 Å². The van der Waals surface area contributed by atoms with Gasteiger partial charge in [0, 0.05) is 24.6 Å². The van der Waals surface area contributed by atoms with Gasteiger partial charge in [0.05, 0.1) is 12.8 Å². The molecule has 1 atom stereocenters. The fraction of sp³-hybridized carbons (Fsp3) is 0.263. The molecule has 2 aromatic rings. The zero-order valence-corrected chi connectivity index (χ0v) is 15.2. The van der Waals surface area contributed by atoms with Crippen LogP contribution in [0.4, 0.5) is 5.69 Å². The van der Waals surface area contributed by atoms with Gasteiger partial charge >= 0.3 is 0 Å². The zero-order valence-electron chi connectivity index (χ0n) is 14.5. The predicted molar refractivity (Wildman–Crippen MR) is 98.9 cm³/mol. The monoisotopic (exact) mass is 374 g/mol. The van der Waals surface area contributed by atoms with E-state index < -0.39 is 6.04 Å². The highest BCUT2D eigenvalue weighted by molar-refractivity contribution is 6.30. The second-order valence-corrected chi connectivity index (χ2v) is 6.40. The number of nitrogens with zero attached hydrogens (tertiary/aromatic N) is 1. The molecule has 1 aliphatic rings. The number of hydrogen-bond donors (Lipinski definition) is 1. The summed E-state index contributed by atoms with van der Waals surface area (Å²) in [4.78, 5) is 25.6. The first-order chi connectivity index (χ1) is 12.5. The molecule has 0 bridgehead atoms. The molecule has 1 N–H and O–H groups in total. The van der Waals surface area contributed by atoms with Gasteiger partial charge < -0.3 is 19.7 Å². The average Bonchev–Trinajstić information content (AvgIpc) is 2.96. The lowest BCUT2D eigenvalue weighted by Crippen LogP contribution is -2.38. The summed E-state index contributed by atoms with van der Waals surface area (Å²) in [5.74, 6) is 1.39. The van der Waals surface area contributed by atoms with Gasteiger partial charge in [-0.1, -0.05) is 11.6 Å². The van der Waals surface area contributed by atoms with Crippen LogP contribution >= 0.6 is 11.6 Å². The standard InChI is InChI=1S/C19H19ClN2O4/c1-22-16(8-10-18(22)23)19(24)21-15-11-14(7-9-17(15)25-2)26-13-5-3-12(20)4-6-13/h3-7,9,11,16H,8,10H2,1-2H3,(H,21,24). The van der Waals surface area contributed by atoms with Crippen LogP contribution in [0.15, 0.2) is 42.5 Å². The highest BCUT2D eigenvalue weighted by atomic mass is 35.5. The second kappa shape index (κ2) is 7.66. The fourth-order valence-corrected chi connectivity index (χ4v) is 2.94. The molecule has 0 saturated carbocycles. The van der Waals surface area contributed by atoms with Gasteiger partial charge in [-0.05, 0) is 42.8 Å². The Balaban J connectivity index is 1.78. The molecule has 1 fully saturated rings. The number of likely N-dealkylation sites (tertiary alicyclic amines) is 1. The summed E-state index contributed by atoms with van der Waals surface area (Å²) >= 11 is 5.87. The first kappa shape index (κ1) is 18.1. The van der Waals surface area contributed by atoms with Crippen LogP contribution in [0, 0.1) is 0 Å². The van der Waals surface area contributed by atoms with Crippen molar-refractivity contribution in [3.05, 3.63) is 47.5 Å². The van der Waals surface area contributed by atoms with Gasteiger partial charge in [0.25, 0.3) is 0 Å². The van der Waals surface area contributed by atoms with Crippen molar-refractivity contribution in [3.63, 3.8) is 0 Å². The molecule has 1 unspecified atom stereocenters. The van der Waals surface area contributed by atoms with E-state index in [9.17, 15) is 9.59 Å². The summed E-state index contributed by atoms with van der Waals surface area (Å²) in [6.45, 7) is 0. The summed E-state index contributed by atoms with van der Waals surface area (Å²) in [6, 6.07) is 11.6. The summed E-state index contributed by atoms with van der Waals surface area (Å²) < 4.78 is 11.1. The number of ether oxygens (including phenoxy) is 2. The van der Waals surface area contributed by atoms with Crippen LogP contribution in [-0.4, -0.2) is 36.9 Å². The number of benzene rings is 2. The van der Waals surface area contributed by atoms with Crippen molar-refractivity contribution < 1.29 is 19.1 Å². The predicted octanol–water partition coefficient (Wildman–Crippen LogP) is 3.70. The Morgan fingerprint density at radius 2 is 1.88 bits per heavy atom. The van der Waals surface area contributed by atoms with Gasteiger partial charge in [-0.25, -0.2) is 0 Å². The third kappa shape index (κ3) is 3.91. The van der Waals surface area contributed by atoms with Gasteiger partial charge in [0.15, 0.2) is 0 Å². The van der Waals surface area contributed by atoms with Crippen LogP contribution in [0.5, 0.6) is 17.2 Å². The first-order valence-corrected chi connectivity index (χ1v) is 8.53. The van der Waals surface area contributed by atoms with Gasteiger partial charge in [-0.2, -0.15) is 0 Å². The van der Waals surface area contributed by atoms with Crippen molar-refractivity contribution in [1.29, 1.82) is 0 Å². The van der Waals surface area contributed by atoms with Gasteiger partial charge in [-0.3, -0.25) is 9.59 Å². The second-order valence-electron chi connectivity index (χ2n) is 5.97. The maximum absolute atomic E-state index is 12.5. The Morgan fingerprint density at radius 3 is 2.50 bits per heavy atom. The molecule has 26 heavy (non-hydrogen) atoms. The number of anilines is 1. The molecule has 0 aromatic heterocycles. The summed E-state index contributed by atoms with van der Waals surface area (Å²) in [7, 11) is 3.16. The molecule has 1 aliphatic heterocycles. The molecular formula is C19H19ClN2O4. The lowest BCUT2D eigenvalue weighted by atomic mass is 10.2. The smallest absolute Gasteiger partial charge is 0.247 e. The number of carbonyl (C=O) groups is 2. The van der Waals surface area contributed by atoms with E-state index in [1.807, 2.05) is 0 Å². The van der Waals surface area contributed by atoms with Gasteiger partial charge in [-0.15, -0.1) is 0 Å². The Bertz CT molecular complexity index is 823. The molecule has 3 rings (SSSR count). The maximum Gasteiger partial charge on any atom is 0.247 e. The van der Waals surface area contributed by atoms with Crippen LogP contribution in [0.2, 0.25) is 5.02 Å². The van der Waals surface area contributed by atoms with Crippen molar-refractivity contribution in [2.24, 2.45) is 0 Å². The van der Waals surface area contributed by atoms with Crippen molar-refractivity contribution in [3.8, 4) is 17.2 Å². The van der Waals surface area contributed by atoms with Crippen LogP contribution in [0.1, 0.15) is 12.8 Å². The van der Waals surface area contributed by atoms with Crippen molar-refractivity contribution in [1.82, 2.24) is 4.90 Å². The number of nitrogens with one attached hydrogen (secondary N) is 1. The SMILES string of the molecule is COc1ccc(Oc2ccc(Cl)cc2)cc1NC(=O)C1CCC(=O)N1C. The molecule has 2 amide bonds. The molecular weight excluding hydrogens is 356 g/mol. The average molecular weight is 375 g/mol. The minimum Gasteiger partial charge on any atom is -0.495 e. The third-order valence-corrected chi connectivity index (χ3v) is 4.53. The summed E-state index contributed by atoms with van der Waals surface area (Å²) in [6.07, 6.45) is 0.885. The van der Waals surface area contributed by atoms with Crippen LogP contribution in [-0.2, 0) is 9.59 Å². The third-order valence-electron chi connectivity index (χ3n) is 4.27. The summed E-state index contributed by atoms with van der Waals surface area (Å²) in [5.41, 5.74) is 0.483. The quantitative estimate of drug-likeness (QED) is 0.866. The fourth-order valence-electron chi connectivity index (χ4n) is 2.81. The number of carbonyl (C=O) groups excluding carboxylic acids is 2. The van der Waals surface area contributed by atoms with E-state index in [1.165, 1.54) is 12.0 Å². The number of hydrogen-bond acceptors (Lipinski definition) is 4. The van der Waals surface area contributed by atoms with E-state index in [1.54, 1.807) is 49.5 Å². The molecule has 7 heteroatoms. The zero-order chi connectivity index (χ0) is 18.7. The van der Waals surface area contributed by atoms with E-state index >= 15 is 0 Å². The van der Waals surface area contributed by atoms with E-state index in [4.69, 9.17) is 21.1 Å². The lowest BCUT2D eigenvalue weighted by Gasteiger charge is -2.20. The highest BCUT2D eigenvalue weighted by Gasteiger charge is 2.33. The van der Waals surface area contributed by atoms with E-state index in [0.717, 1.165) is 0 Å². The molecule has 6 nitrogen and oxygen atoms in total.